The first-order valence-electron chi connectivity index (χ1n) is 9.04. The molecule has 0 aliphatic carbocycles. The first kappa shape index (κ1) is 26.3. The topological polar surface area (TPSA) is 71.5 Å². The summed E-state index contributed by atoms with van der Waals surface area (Å²) in [5.41, 5.74) is -4.52. The van der Waals surface area contributed by atoms with Crippen molar-refractivity contribution in [2.24, 2.45) is 0 Å². The number of nitrogens with zero attached hydrogens (tertiary/aromatic N) is 1. The van der Waals surface area contributed by atoms with Crippen LogP contribution in [0, 0.1) is 5.82 Å². The number of halogens is 7. The molecule has 0 unspecified atom stereocenters. The van der Waals surface area contributed by atoms with Crippen molar-refractivity contribution >= 4 is 22.2 Å². The number of alkyl halides is 6. The summed E-state index contributed by atoms with van der Waals surface area (Å²) in [5, 5.41) is 0. The van der Waals surface area contributed by atoms with Crippen molar-refractivity contribution in [1.82, 2.24) is 4.31 Å². The molecule has 2 aromatic rings. The van der Waals surface area contributed by atoms with Gasteiger partial charge in [-0.1, -0.05) is 12.1 Å². The van der Waals surface area contributed by atoms with Crippen molar-refractivity contribution in [3.8, 4) is 0 Å². The lowest BCUT2D eigenvalue weighted by atomic mass is 9.96. The van der Waals surface area contributed by atoms with Crippen LogP contribution in [0.2, 0.25) is 0 Å². The first-order valence-corrected chi connectivity index (χ1v) is 10.9. The van der Waals surface area contributed by atoms with Crippen LogP contribution in [0.1, 0.15) is 39.4 Å². The average molecular weight is 499 g/mol. The van der Waals surface area contributed by atoms with Gasteiger partial charge in [-0.15, -0.1) is 0 Å². The number of carbonyl (C=O) groups excluding carboxylic acids is 2. The van der Waals surface area contributed by atoms with Gasteiger partial charge in [0.15, 0.2) is 0 Å². The predicted octanol–water partition coefficient (Wildman–Crippen LogP) is 4.64. The minimum absolute atomic E-state index is 0.0835. The van der Waals surface area contributed by atoms with Gasteiger partial charge in [0.05, 0.1) is 17.4 Å². The molecule has 0 heterocycles. The molecular formula is C20H16F7NO4S. The molecule has 2 aromatic carbocycles. The normalized spacial score (nSPS) is 13.5. The highest BCUT2D eigenvalue weighted by Gasteiger charge is 2.39. The molecule has 0 N–H and O–H groups in total. The molecule has 0 radical (unpaired) electrons. The summed E-state index contributed by atoms with van der Waals surface area (Å²) in [6, 6.07) is 4.45. The van der Waals surface area contributed by atoms with E-state index in [1.54, 1.807) is 0 Å². The van der Waals surface area contributed by atoms with E-state index in [2.05, 4.69) is 0 Å². The fourth-order valence-corrected chi connectivity index (χ4v) is 3.82. The maximum absolute atomic E-state index is 13.2. The van der Waals surface area contributed by atoms with Gasteiger partial charge in [-0.2, -0.15) is 26.3 Å². The lowest BCUT2D eigenvalue weighted by molar-refractivity contribution is -0.143. The minimum atomic E-state index is -5.25. The number of aldehydes is 1. The Morgan fingerprint density at radius 1 is 0.970 bits per heavy atom. The molecule has 0 saturated heterocycles. The van der Waals surface area contributed by atoms with E-state index >= 15 is 0 Å². The summed E-state index contributed by atoms with van der Waals surface area (Å²) in [6.45, 7) is -0.778. The van der Waals surface area contributed by atoms with Crippen LogP contribution in [0.15, 0.2) is 42.5 Å². The summed E-state index contributed by atoms with van der Waals surface area (Å²) < 4.78 is 116. The van der Waals surface area contributed by atoms with Crippen molar-refractivity contribution in [3.05, 3.63) is 70.5 Å². The molecule has 180 valence electrons. The number of amides is 1. The smallest absolute Gasteiger partial charge is 0.303 e. The molecule has 13 heteroatoms. The lowest BCUT2D eigenvalue weighted by Gasteiger charge is -2.26. The van der Waals surface area contributed by atoms with E-state index in [-0.39, 0.29) is 34.5 Å². The van der Waals surface area contributed by atoms with Crippen LogP contribution in [0.4, 0.5) is 30.7 Å². The Balaban J connectivity index is 2.57. The molecule has 0 aromatic heterocycles. The van der Waals surface area contributed by atoms with Gasteiger partial charge in [0, 0.05) is 24.4 Å². The summed E-state index contributed by atoms with van der Waals surface area (Å²) in [6.07, 6.45) is -9.95. The zero-order valence-corrected chi connectivity index (χ0v) is 17.6. The second-order valence-electron chi connectivity index (χ2n) is 7.04. The molecule has 2 rings (SSSR count). The Kier molecular flexibility index (Phi) is 7.56. The zero-order valence-electron chi connectivity index (χ0n) is 16.7. The van der Waals surface area contributed by atoms with Gasteiger partial charge in [-0.25, -0.2) is 17.1 Å². The Morgan fingerprint density at radius 2 is 1.45 bits per heavy atom. The maximum atomic E-state index is 13.2. The van der Waals surface area contributed by atoms with E-state index in [4.69, 9.17) is 0 Å². The Hall–Kier alpha value is -2.96. The van der Waals surface area contributed by atoms with E-state index in [0.29, 0.717) is 12.5 Å². The summed E-state index contributed by atoms with van der Waals surface area (Å²) in [7, 11) is -4.51. The molecule has 0 bridgehead atoms. The molecule has 0 saturated carbocycles. The van der Waals surface area contributed by atoms with Gasteiger partial charge in [-0.05, 0) is 35.9 Å². The minimum Gasteiger partial charge on any atom is -0.303 e. The standard InChI is InChI=1S/C20H16F7NO4S/c1-33(31,32)28(11-13(6-7-29)12-2-4-17(21)5-3-12)18(30)14-8-15(19(22,23)24)10-16(9-14)20(25,26)27/h2-5,7-10,13H,6,11H2,1H3/t13-/m1/s1. The number of hydrogen-bond donors (Lipinski definition) is 0. The third-order valence-corrected chi connectivity index (χ3v) is 5.69. The molecule has 1 atom stereocenters. The van der Waals surface area contributed by atoms with Crippen LogP contribution in [-0.2, 0) is 27.2 Å². The molecule has 5 nitrogen and oxygen atoms in total. The van der Waals surface area contributed by atoms with Crippen molar-refractivity contribution in [3.63, 3.8) is 0 Å². The van der Waals surface area contributed by atoms with Crippen LogP contribution in [0.3, 0.4) is 0 Å². The second-order valence-corrected chi connectivity index (χ2v) is 8.95. The van der Waals surface area contributed by atoms with Crippen molar-refractivity contribution < 1.29 is 48.7 Å². The SMILES string of the molecule is CS(=O)(=O)N(C[C@@H](CC=O)c1ccc(F)cc1)C(=O)c1cc(C(F)(F)F)cc(C(F)(F)F)c1. The number of sulfonamides is 1. The first-order chi connectivity index (χ1) is 15.0. The average Bonchev–Trinajstić information content (AvgIpc) is 2.68. The van der Waals surface area contributed by atoms with Crippen molar-refractivity contribution in [2.45, 2.75) is 24.7 Å². The maximum Gasteiger partial charge on any atom is 0.416 e. The van der Waals surface area contributed by atoms with Gasteiger partial charge < -0.3 is 4.79 Å². The summed E-state index contributed by atoms with van der Waals surface area (Å²) in [5.74, 6) is -3.33. The van der Waals surface area contributed by atoms with E-state index in [0.717, 1.165) is 12.1 Å². The number of carbonyl (C=O) groups is 2. The van der Waals surface area contributed by atoms with Gasteiger partial charge >= 0.3 is 12.4 Å². The van der Waals surface area contributed by atoms with Crippen LogP contribution >= 0.6 is 0 Å². The zero-order chi connectivity index (χ0) is 25.2. The highest BCUT2D eigenvalue weighted by atomic mass is 32.2. The van der Waals surface area contributed by atoms with Gasteiger partial charge in [0.1, 0.15) is 12.1 Å². The van der Waals surface area contributed by atoms with Crippen molar-refractivity contribution in [1.29, 1.82) is 0 Å². The largest absolute Gasteiger partial charge is 0.416 e. The van der Waals surface area contributed by atoms with Gasteiger partial charge in [0.25, 0.3) is 5.91 Å². The molecule has 1 amide bonds. The molecule has 0 spiro atoms. The second kappa shape index (κ2) is 9.49. The molecule has 33 heavy (non-hydrogen) atoms. The highest BCUT2D eigenvalue weighted by Crippen LogP contribution is 2.37. The van der Waals surface area contributed by atoms with E-state index in [9.17, 15) is 48.7 Å². The molecular weight excluding hydrogens is 483 g/mol. The fourth-order valence-electron chi connectivity index (χ4n) is 2.96. The number of rotatable bonds is 7. The summed E-state index contributed by atoms with van der Waals surface area (Å²) in [4.78, 5) is 23.9. The van der Waals surface area contributed by atoms with Crippen LogP contribution in [0.25, 0.3) is 0 Å². The Morgan fingerprint density at radius 3 is 1.85 bits per heavy atom. The van der Waals surface area contributed by atoms with E-state index in [1.165, 1.54) is 12.1 Å². The van der Waals surface area contributed by atoms with Crippen LogP contribution in [-0.4, -0.2) is 37.7 Å². The monoisotopic (exact) mass is 499 g/mol. The van der Waals surface area contributed by atoms with Crippen LogP contribution in [0.5, 0.6) is 0 Å². The fraction of sp³-hybridized carbons (Fsp3) is 0.300. The Bertz CT molecular complexity index is 1090. The molecule has 0 fully saturated rings. The molecule has 0 aliphatic heterocycles. The van der Waals surface area contributed by atoms with E-state index in [1.807, 2.05) is 0 Å². The van der Waals surface area contributed by atoms with Gasteiger partial charge in [0.2, 0.25) is 10.0 Å². The highest BCUT2D eigenvalue weighted by molar-refractivity contribution is 7.88. The molecule has 0 aliphatic rings. The van der Waals surface area contributed by atoms with Gasteiger partial charge in [-0.3, -0.25) is 4.79 Å². The van der Waals surface area contributed by atoms with Crippen LogP contribution < -0.4 is 0 Å². The lowest BCUT2D eigenvalue weighted by Crippen LogP contribution is -2.39. The third kappa shape index (κ3) is 6.76. The number of hydrogen-bond acceptors (Lipinski definition) is 4. The summed E-state index contributed by atoms with van der Waals surface area (Å²) >= 11 is 0. The number of benzene rings is 2. The van der Waals surface area contributed by atoms with E-state index < -0.39 is 63.3 Å². The Labute approximate surface area is 183 Å². The van der Waals surface area contributed by atoms with Crippen molar-refractivity contribution in [2.75, 3.05) is 12.8 Å². The third-order valence-electron chi connectivity index (χ3n) is 4.57. The predicted molar refractivity (Wildman–Crippen MR) is 102 cm³/mol. The quantitative estimate of drug-likeness (QED) is 0.411.